The van der Waals surface area contributed by atoms with Gasteiger partial charge in [-0.1, -0.05) is 30.3 Å². The lowest BCUT2D eigenvalue weighted by atomic mass is 10.1. The van der Waals surface area contributed by atoms with Crippen LogP contribution in [0, 0.1) is 5.95 Å². The van der Waals surface area contributed by atoms with Crippen molar-refractivity contribution < 1.29 is 9.50 Å². The molecule has 0 spiro atoms. The van der Waals surface area contributed by atoms with E-state index in [1.807, 2.05) is 30.3 Å². The topological polar surface area (TPSA) is 33.1 Å². The molecule has 1 aromatic carbocycles. The predicted molar refractivity (Wildman–Crippen MR) is 55.6 cm³/mol. The van der Waals surface area contributed by atoms with Crippen molar-refractivity contribution in [1.82, 2.24) is 4.98 Å². The molecule has 2 rings (SSSR count). The molecule has 0 bridgehead atoms. The highest BCUT2D eigenvalue weighted by Gasteiger charge is 2.05. The minimum absolute atomic E-state index is 0.217. The molecule has 1 aromatic heterocycles. The van der Waals surface area contributed by atoms with E-state index in [1.54, 1.807) is 12.1 Å². The van der Waals surface area contributed by atoms with Gasteiger partial charge < -0.3 is 5.11 Å². The van der Waals surface area contributed by atoms with Crippen LogP contribution in [-0.2, 0) is 6.61 Å². The average molecular weight is 203 g/mol. The Balaban J connectivity index is 2.43. The number of rotatable bonds is 2. The monoisotopic (exact) mass is 203 g/mol. The molecule has 0 amide bonds. The molecule has 0 aliphatic carbocycles. The second-order valence-electron chi connectivity index (χ2n) is 3.17. The number of halogens is 1. The van der Waals surface area contributed by atoms with Crippen LogP contribution in [0.4, 0.5) is 4.39 Å². The number of hydrogen-bond donors (Lipinski definition) is 1. The summed E-state index contributed by atoms with van der Waals surface area (Å²) in [6.07, 6.45) is 0. The van der Waals surface area contributed by atoms with Gasteiger partial charge in [0.1, 0.15) is 0 Å². The van der Waals surface area contributed by atoms with Gasteiger partial charge in [0.15, 0.2) is 0 Å². The van der Waals surface area contributed by atoms with Crippen molar-refractivity contribution in [3.05, 3.63) is 54.0 Å². The molecule has 0 aliphatic heterocycles. The number of nitrogens with zero attached hydrogens (tertiary/aromatic N) is 1. The summed E-state index contributed by atoms with van der Waals surface area (Å²) >= 11 is 0. The third kappa shape index (κ3) is 2.02. The Hall–Kier alpha value is -1.74. The maximum Gasteiger partial charge on any atom is 0.218 e. The minimum atomic E-state index is -0.612. The largest absolute Gasteiger partial charge is 0.392 e. The van der Waals surface area contributed by atoms with E-state index in [2.05, 4.69) is 4.98 Å². The van der Waals surface area contributed by atoms with Gasteiger partial charge in [-0.05, 0) is 12.1 Å². The average Bonchev–Trinajstić information content (AvgIpc) is 2.30. The van der Waals surface area contributed by atoms with Crippen molar-refractivity contribution in [1.29, 1.82) is 0 Å². The first kappa shape index (κ1) is 9.80. The summed E-state index contributed by atoms with van der Waals surface area (Å²) in [7, 11) is 0. The SMILES string of the molecule is OCc1ccc(-c2ccccc2)nc1F. The number of aliphatic hydroxyl groups is 1. The van der Waals surface area contributed by atoms with Crippen molar-refractivity contribution in [2.75, 3.05) is 0 Å². The van der Waals surface area contributed by atoms with Crippen LogP contribution in [0.1, 0.15) is 5.56 Å². The van der Waals surface area contributed by atoms with Crippen LogP contribution in [0.2, 0.25) is 0 Å². The number of pyridine rings is 1. The lowest BCUT2D eigenvalue weighted by Crippen LogP contribution is -1.95. The molecule has 76 valence electrons. The van der Waals surface area contributed by atoms with Gasteiger partial charge in [0.25, 0.3) is 0 Å². The fraction of sp³-hybridized carbons (Fsp3) is 0.0833. The van der Waals surface area contributed by atoms with Crippen LogP contribution >= 0.6 is 0 Å². The Bertz CT molecular complexity index is 456. The summed E-state index contributed by atoms with van der Waals surface area (Å²) in [5.74, 6) is -0.612. The molecule has 0 aliphatic rings. The zero-order valence-corrected chi connectivity index (χ0v) is 8.02. The Kier molecular flexibility index (Phi) is 2.74. The van der Waals surface area contributed by atoms with Crippen LogP contribution < -0.4 is 0 Å². The number of aromatic nitrogens is 1. The molecule has 3 heteroatoms. The summed E-state index contributed by atoms with van der Waals surface area (Å²) < 4.78 is 13.3. The molecule has 0 unspecified atom stereocenters. The molecule has 0 radical (unpaired) electrons. The predicted octanol–water partition coefficient (Wildman–Crippen LogP) is 2.38. The smallest absolute Gasteiger partial charge is 0.218 e. The van der Waals surface area contributed by atoms with Crippen molar-refractivity contribution in [2.45, 2.75) is 6.61 Å². The van der Waals surface area contributed by atoms with Gasteiger partial charge in [-0.15, -0.1) is 0 Å². The first-order valence-electron chi connectivity index (χ1n) is 4.63. The highest BCUT2D eigenvalue weighted by Crippen LogP contribution is 2.17. The zero-order chi connectivity index (χ0) is 10.7. The summed E-state index contributed by atoms with van der Waals surface area (Å²) in [6, 6.07) is 12.6. The fourth-order valence-electron chi connectivity index (χ4n) is 1.35. The van der Waals surface area contributed by atoms with Crippen molar-refractivity contribution in [3.8, 4) is 11.3 Å². The molecular weight excluding hydrogens is 193 g/mol. The van der Waals surface area contributed by atoms with E-state index in [0.717, 1.165) is 5.56 Å². The summed E-state index contributed by atoms with van der Waals surface area (Å²) in [6.45, 7) is -0.325. The molecule has 0 saturated carbocycles. The molecule has 1 N–H and O–H groups in total. The molecule has 1 heterocycles. The second-order valence-corrected chi connectivity index (χ2v) is 3.17. The molecule has 0 atom stereocenters. The number of aliphatic hydroxyl groups excluding tert-OH is 1. The van der Waals surface area contributed by atoms with E-state index < -0.39 is 5.95 Å². The van der Waals surface area contributed by atoms with Crippen LogP contribution in [0.25, 0.3) is 11.3 Å². The summed E-state index contributed by atoms with van der Waals surface area (Å²) in [5, 5.41) is 8.80. The number of hydrogen-bond acceptors (Lipinski definition) is 2. The summed E-state index contributed by atoms with van der Waals surface area (Å²) in [5.41, 5.74) is 1.65. The van der Waals surface area contributed by atoms with Crippen molar-refractivity contribution in [3.63, 3.8) is 0 Å². The fourth-order valence-corrected chi connectivity index (χ4v) is 1.35. The zero-order valence-electron chi connectivity index (χ0n) is 8.02. The Labute approximate surface area is 87.0 Å². The van der Waals surface area contributed by atoms with E-state index in [4.69, 9.17) is 5.11 Å². The molecule has 15 heavy (non-hydrogen) atoms. The first-order chi connectivity index (χ1) is 7.31. The van der Waals surface area contributed by atoms with Gasteiger partial charge in [-0.3, -0.25) is 0 Å². The van der Waals surface area contributed by atoms with Crippen molar-refractivity contribution >= 4 is 0 Å². The van der Waals surface area contributed by atoms with E-state index in [-0.39, 0.29) is 12.2 Å². The van der Waals surface area contributed by atoms with E-state index in [0.29, 0.717) is 5.69 Å². The minimum Gasteiger partial charge on any atom is -0.392 e. The second kappa shape index (κ2) is 4.19. The first-order valence-corrected chi connectivity index (χ1v) is 4.63. The highest BCUT2D eigenvalue weighted by molar-refractivity contribution is 5.58. The van der Waals surface area contributed by atoms with Gasteiger partial charge >= 0.3 is 0 Å². The summed E-state index contributed by atoms with van der Waals surface area (Å²) in [4.78, 5) is 3.79. The third-order valence-corrected chi connectivity index (χ3v) is 2.17. The van der Waals surface area contributed by atoms with Gasteiger partial charge in [0, 0.05) is 11.1 Å². The quantitative estimate of drug-likeness (QED) is 0.760. The van der Waals surface area contributed by atoms with Gasteiger partial charge in [0.05, 0.1) is 12.3 Å². The maximum absolute atomic E-state index is 13.3. The molecular formula is C12H10FNO. The number of benzene rings is 1. The third-order valence-electron chi connectivity index (χ3n) is 2.17. The van der Waals surface area contributed by atoms with Crippen LogP contribution in [-0.4, -0.2) is 10.1 Å². The lowest BCUT2D eigenvalue weighted by Gasteiger charge is -2.02. The maximum atomic E-state index is 13.3. The Morgan fingerprint density at radius 1 is 1.07 bits per heavy atom. The van der Waals surface area contributed by atoms with Crippen molar-refractivity contribution in [2.24, 2.45) is 0 Å². The Morgan fingerprint density at radius 2 is 1.80 bits per heavy atom. The van der Waals surface area contributed by atoms with Crippen LogP contribution in [0.3, 0.4) is 0 Å². The van der Waals surface area contributed by atoms with E-state index >= 15 is 0 Å². The van der Waals surface area contributed by atoms with Crippen LogP contribution in [0.5, 0.6) is 0 Å². The van der Waals surface area contributed by atoms with Crippen LogP contribution in [0.15, 0.2) is 42.5 Å². The normalized spacial score (nSPS) is 10.3. The molecule has 2 nitrogen and oxygen atoms in total. The van der Waals surface area contributed by atoms with Gasteiger partial charge in [-0.25, -0.2) is 4.98 Å². The van der Waals surface area contributed by atoms with E-state index in [1.165, 1.54) is 0 Å². The Morgan fingerprint density at radius 3 is 2.40 bits per heavy atom. The highest BCUT2D eigenvalue weighted by atomic mass is 19.1. The standard InChI is InChI=1S/C12H10FNO/c13-12-10(8-15)6-7-11(14-12)9-4-2-1-3-5-9/h1-7,15H,8H2. The molecule has 0 saturated heterocycles. The lowest BCUT2D eigenvalue weighted by molar-refractivity contribution is 0.274. The van der Waals surface area contributed by atoms with E-state index in [9.17, 15) is 4.39 Å². The van der Waals surface area contributed by atoms with Gasteiger partial charge in [0.2, 0.25) is 5.95 Å². The molecule has 0 fully saturated rings. The van der Waals surface area contributed by atoms with Gasteiger partial charge in [-0.2, -0.15) is 4.39 Å². The molecule has 2 aromatic rings.